The van der Waals surface area contributed by atoms with E-state index >= 15 is 0 Å². The molecule has 1 aliphatic rings. The lowest BCUT2D eigenvalue weighted by Gasteiger charge is -2.25. The van der Waals surface area contributed by atoms with Gasteiger partial charge in [-0.05, 0) is 6.42 Å². The summed E-state index contributed by atoms with van der Waals surface area (Å²) in [6.07, 6.45) is 2.71. The van der Waals surface area contributed by atoms with Gasteiger partial charge in [-0.25, -0.2) is 0 Å². The number of hydrogen-bond donors (Lipinski definition) is 2. The Kier molecular flexibility index (Phi) is 4.79. The molecule has 0 aliphatic carbocycles. The lowest BCUT2D eigenvalue weighted by molar-refractivity contribution is -0.144. The maximum absolute atomic E-state index is 12.0. The summed E-state index contributed by atoms with van der Waals surface area (Å²) >= 11 is 0. The molecule has 1 amide bonds. The van der Waals surface area contributed by atoms with Gasteiger partial charge in [-0.3, -0.25) is 9.59 Å². The first-order valence-electron chi connectivity index (χ1n) is 6.64. The Morgan fingerprint density at radius 3 is 2.61 bits per heavy atom. The highest BCUT2D eigenvalue weighted by Crippen LogP contribution is 2.31. The second kappa shape index (κ2) is 5.74. The molecule has 102 valence electrons. The van der Waals surface area contributed by atoms with Crippen molar-refractivity contribution in [3.63, 3.8) is 0 Å². The second-order valence-electron chi connectivity index (χ2n) is 5.56. The molecule has 0 aromatic heterocycles. The van der Waals surface area contributed by atoms with E-state index in [0.29, 0.717) is 6.54 Å². The van der Waals surface area contributed by atoms with E-state index in [0.717, 1.165) is 19.2 Å². The Bertz CT molecular complexity index is 335. The van der Waals surface area contributed by atoms with Crippen molar-refractivity contribution in [2.24, 2.45) is 17.6 Å². The number of carbonyl (C=O) groups is 2. The fourth-order valence-electron chi connectivity index (χ4n) is 2.51. The minimum Gasteiger partial charge on any atom is -0.480 e. The fourth-order valence-corrected chi connectivity index (χ4v) is 2.51. The largest absolute Gasteiger partial charge is 0.480 e. The number of hydrogen-bond acceptors (Lipinski definition) is 3. The van der Waals surface area contributed by atoms with Gasteiger partial charge in [0.1, 0.15) is 13.4 Å². The van der Waals surface area contributed by atoms with Gasteiger partial charge in [0, 0.05) is 24.9 Å². The smallest absolute Gasteiger partial charge is 0.325 e. The topological polar surface area (TPSA) is 83.6 Å². The zero-order valence-corrected chi connectivity index (χ0v) is 11.5. The van der Waals surface area contributed by atoms with Gasteiger partial charge < -0.3 is 15.7 Å². The third kappa shape index (κ3) is 2.86. The number of nitrogens with two attached hydrogens (primary N) is 1. The molecule has 6 heteroatoms. The highest BCUT2D eigenvalue weighted by Gasteiger charge is 2.50. The summed E-state index contributed by atoms with van der Waals surface area (Å²) < 4.78 is 0. The van der Waals surface area contributed by atoms with Crippen LogP contribution in [0.1, 0.15) is 26.7 Å². The van der Waals surface area contributed by atoms with Crippen LogP contribution in [0.2, 0.25) is 6.32 Å². The number of carbonyl (C=O) groups excluding carboxylic acids is 1. The van der Waals surface area contributed by atoms with Crippen molar-refractivity contribution in [3.8, 4) is 0 Å². The normalized spacial score (nSPS) is 27.8. The number of aliphatic carboxylic acids is 1. The standard InChI is InChI=1S/C12H23BN2O3/c1-8(2)10(16)15-6-9(4-3-5-13)12(14,7-15)11(17)18/h8-9H,3-7,13-14H2,1-2H3,(H,17,18)/t9-,12-/m0/s1. The quantitative estimate of drug-likeness (QED) is 0.660. The first-order valence-corrected chi connectivity index (χ1v) is 6.64. The van der Waals surface area contributed by atoms with Crippen LogP contribution in [0.15, 0.2) is 0 Å². The third-order valence-electron chi connectivity index (χ3n) is 3.73. The van der Waals surface area contributed by atoms with Gasteiger partial charge in [0.15, 0.2) is 0 Å². The van der Waals surface area contributed by atoms with Crippen molar-refractivity contribution in [2.45, 2.75) is 38.5 Å². The molecule has 18 heavy (non-hydrogen) atoms. The minimum absolute atomic E-state index is 0.00919. The Balaban J connectivity index is 2.82. The van der Waals surface area contributed by atoms with Crippen molar-refractivity contribution in [2.75, 3.05) is 13.1 Å². The zero-order chi connectivity index (χ0) is 13.9. The second-order valence-corrected chi connectivity index (χ2v) is 5.56. The van der Waals surface area contributed by atoms with E-state index in [1.165, 1.54) is 0 Å². The van der Waals surface area contributed by atoms with Gasteiger partial charge in [-0.2, -0.15) is 0 Å². The monoisotopic (exact) mass is 254 g/mol. The summed E-state index contributed by atoms with van der Waals surface area (Å²) in [5.41, 5.74) is 4.74. The zero-order valence-electron chi connectivity index (χ0n) is 11.5. The molecule has 0 spiro atoms. The lowest BCUT2D eigenvalue weighted by Crippen LogP contribution is -2.55. The van der Waals surface area contributed by atoms with Crippen LogP contribution in [0.4, 0.5) is 0 Å². The Morgan fingerprint density at radius 2 is 2.17 bits per heavy atom. The number of rotatable bonds is 5. The molecule has 1 aliphatic heterocycles. The van der Waals surface area contributed by atoms with Crippen LogP contribution >= 0.6 is 0 Å². The molecule has 0 radical (unpaired) electrons. The number of carboxylic acid groups (broad SMARTS) is 1. The average Bonchev–Trinajstić information content (AvgIpc) is 2.64. The van der Waals surface area contributed by atoms with Crippen LogP contribution in [0, 0.1) is 11.8 Å². The third-order valence-corrected chi connectivity index (χ3v) is 3.73. The highest BCUT2D eigenvalue weighted by atomic mass is 16.4. The minimum atomic E-state index is -1.28. The van der Waals surface area contributed by atoms with Crippen LogP contribution in [-0.2, 0) is 9.59 Å². The molecule has 1 saturated heterocycles. The van der Waals surface area contributed by atoms with Crippen LogP contribution in [-0.4, -0.2) is 48.4 Å². The average molecular weight is 254 g/mol. The molecular formula is C12H23BN2O3. The predicted molar refractivity (Wildman–Crippen MR) is 72.0 cm³/mol. The molecular weight excluding hydrogens is 231 g/mol. The van der Waals surface area contributed by atoms with Crippen LogP contribution in [0.5, 0.6) is 0 Å². The molecule has 0 aromatic carbocycles. The first-order chi connectivity index (χ1) is 8.32. The van der Waals surface area contributed by atoms with E-state index in [1.807, 2.05) is 13.8 Å². The Morgan fingerprint density at radius 1 is 1.56 bits per heavy atom. The van der Waals surface area contributed by atoms with E-state index in [2.05, 4.69) is 7.85 Å². The summed E-state index contributed by atoms with van der Waals surface area (Å²) in [5, 5.41) is 9.32. The first kappa shape index (κ1) is 15.0. The molecule has 0 unspecified atom stereocenters. The van der Waals surface area contributed by atoms with E-state index in [-0.39, 0.29) is 24.3 Å². The molecule has 0 saturated carbocycles. The molecule has 5 nitrogen and oxygen atoms in total. The fraction of sp³-hybridized carbons (Fsp3) is 0.833. The predicted octanol–water partition coefficient (Wildman–Crippen LogP) is -0.285. The van der Waals surface area contributed by atoms with Crippen LogP contribution in [0.25, 0.3) is 0 Å². The summed E-state index contributed by atoms with van der Waals surface area (Å²) in [4.78, 5) is 24.9. The van der Waals surface area contributed by atoms with Crippen molar-refractivity contribution in [3.05, 3.63) is 0 Å². The van der Waals surface area contributed by atoms with Gasteiger partial charge >= 0.3 is 5.97 Å². The molecule has 1 fully saturated rings. The Hall–Kier alpha value is -1.04. The molecule has 1 rings (SSSR count). The number of likely N-dealkylation sites (tertiary alicyclic amines) is 1. The molecule has 1 heterocycles. The lowest BCUT2D eigenvalue weighted by atomic mass is 9.83. The maximum atomic E-state index is 12.0. The van der Waals surface area contributed by atoms with E-state index < -0.39 is 11.5 Å². The number of amides is 1. The van der Waals surface area contributed by atoms with Crippen molar-refractivity contribution < 1.29 is 14.7 Å². The van der Waals surface area contributed by atoms with Gasteiger partial charge in [-0.1, -0.05) is 26.6 Å². The number of nitrogens with zero attached hydrogens (tertiary/aromatic N) is 1. The van der Waals surface area contributed by atoms with Gasteiger partial charge in [0.25, 0.3) is 0 Å². The summed E-state index contributed by atoms with van der Waals surface area (Å²) in [6, 6.07) is 0. The molecule has 2 atom stereocenters. The highest BCUT2D eigenvalue weighted by molar-refractivity contribution is 6.08. The van der Waals surface area contributed by atoms with Crippen LogP contribution in [0.3, 0.4) is 0 Å². The summed E-state index contributed by atoms with van der Waals surface area (Å²) in [6.45, 7) is 4.24. The molecule has 3 N–H and O–H groups in total. The van der Waals surface area contributed by atoms with Gasteiger partial charge in [0.2, 0.25) is 5.91 Å². The molecule has 0 aromatic rings. The van der Waals surface area contributed by atoms with Crippen molar-refractivity contribution in [1.82, 2.24) is 4.90 Å². The number of carboxylic acids is 1. The summed E-state index contributed by atoms with van der Waals surface area (Å²) in [5.74, 6) is -1.27. The maximum Gasteiger partial charge on any atom is 0.325 e. The SMILES string of the molecule is BCCC[C@H]1CN(C(=O)C(C)C)C[C@@]1(N)C(=O)O. The van der Waals surface area contributed by atoms with E-state index in [9.17, 15) is 14.7 Å². The van der Waals surface area contributed by atoms with Gasteiger partial charge in [0.05, 0.1) is 0 Å². The van der Waals surface area contributed by atoms with E-state index in [1.54, 1.807) is 4.90 Å². The van der Waals surface area contributed by atoms with Gasteiger partial charge in [-0.15, -0.1) is 0 Å². The Labute approximate surface area is 109 Å². The van der Waals surface area contributed by atoms with E-state index in [4.69, 9.17) is 5.73 Å². The molecule has 0 bridgehead atoms. The van der Waals surface area contributed by atoms with Crippen molar-refractivity contribution in [1.29, 1.82) is 0 Å². The summed E-state index contributed by atoms with van der Waals surface area (Å²) in [7, 11) is 2.06. The van der Waals surface area contributed by atoms with Crippen molar-refractivity contribution >= 4 is 19.7 Å². The van der Waals surface area contributed by atoms with Crippen LogP contribution < -0.4 is 5.73 Å².